The van der Waals surface area contributed by atoms with Gasteiger partial charge >= 0.3 is 12.1 Å². The van der Waals surface area contributed by atoms with Gasteiger partial charge in [0.25, 0.3) is 5.91 Å². The Labute approximate surface area is 157 Å². The molecule has 2 rings (SSSR count). The second-order valence-electron chi connectivity index (χ2n) is 6.16. The number of ether oxygens (including phenoxy) is 1. The molecule has 2 aromatic rings. The van der Waals surface area contributed by atoms with Crippen LogP contribution in [0.5, 0.6) is 0 Å². The maximum Gasteiger partial charge on any atom is 0.419 e. The van der Waals surface area contributed by atoms with E-state index in [1.807, 2.05) is 0 Å². The van der Waals surface area contributed by atoms with Gasteiger partial charge in [-0.25, -0.2) is 9.18 Å². The topological polar surface area (TPSA) is 115 Å². The number of Topliss-reactive ketones (excluding diaryl/α,β-unsaturated/α-hetero) is 1. The van der Waals surface area contributed by atoms with Crippen LogP contribution in [-0.2, 0) is 19.1 Å². The monoisotopic (exact) mass is 398 g/mol. The van der Waals surface area contributed by atoms with Crippen molar-refractivity contribution in [2.45, 2.75) is 32.4 Å². The molecule has 0 saturated carbocycles. The van der Waals surface area contributed by atoms with Gasteiger partial charge in [-0.3, -0.25) is 19.0 Å². The van der Waals surface area contributed by atoms with Crippen molar-refractivity contribution in [3.63, 3.8) is 0 Å². The van der Waals surface area contributed by atoms with Gasteiger partial charge in [-0.2, -0.15) is 0 Å². The SMILES string of the molecule is CC(C)C(OC(=O)n1ccc2sccc21)C(=O)NC(CC(=O)O)C(=O)CF. The Morgan fingerprint density at radius 3 is 2.59 bits per heavy atom. The minimum atomic E-state index is -1.53. The Bertz CT molecular complexity index is 859. The zero-order valence-corrected chi connectivity index (χ0v) is 15.5. The van der Waals surface area contributed by atoms with Crippen LogP contribution in [0.1, 0.15) is 20.3 Å². The third-order valence-corrected chi connectivity index (χ3v) is 4.68. The first-order valence-corrected chi connectivity index (χ1v) is 8.99. The Kier molecular flexibility index (Phi) is 6.67. The lowest BCUT2D eigenvalue weighted by atomic mass is 10.0. The van der Waals surface area contributed by atoms with Gasteiger partial charge in [0.1, 0.15) is 12.7 Å². The summed E-state index contributed by atoms with van der Waals surface area (Å²) in [7, 11) is 0. The first-order valence-electron chi connectivity index (χ1n) is 8.11. The van der Waals surface area contributed by atoms with E-state index in [-0.39, 0.29) is 0 Å². The molecule has 0 saturated heterocycles. The molecule has 0 bridgehead atoms. The molecule has 27 heavy (non-hydrogen) atoms. The number of rotatable bonds is 8. The summed E-state index contributed by atoms with van der Waals surface area (Å²) >= 11 is 1.44. The lowest BCUT2D eigenvalue weighted by Gasteiger charge is -2.23. The van der Waals surface area contributed by atoms with Gasteiger partial charge in [-0.05, 0) is 23.4 Å². The number of nitrogens with one attached hydrogen (secondary N) is 1. The van der Waals surface area contributed by atoms with Crippen molar-refractivity contribution in [2.24, 2.45) is 5.92 Å². The fourth-order valence-corrected chi connectivity index (χ4v) is 3.21. The number of carbonyl (C=O) groups is 4. The fourth-order valence-electron chi connectivity index (χ4n) is 2.44. The van der Waals surface area contributed by atoms with Crippen LogP contribution in [0, 0.1) is 5.92 Å². The predicted octanol–water partition coefficient (Wildman–Crippen LogP) is 2.21. The number of amides is 1. The van der Waals surface area contributed by atoms with Crippen LogP contribution in [-0.4, -0.2) is 52.2 Å². The molecule has 0 aromatic carbocycles. The van der Waals surface area contributed by atoms with Crippen LogP contribution >= 0.6 is 11.3 Å². The number of carboxylic acids is 1. The summed E-state index contributed by atoms with van der Waals surface area (Å²) in [6, 6.07) is 1.93. The number of carbonyl (C=O) groups excluding carboxylic acids is 3. The molecule has 8 nitrogen and oxygen atoms in total. The zero-order valence-electron chi connectivity index (χ0n) is 14.7. The summed E-state index contributed by atoms with van der Waals surface area (Å²) < 4.78 is 20.0. The average molecular weight is 398 g/mol. The van der Waals surface area contributed by atoms with Crippen molar-refractivity contribution >= 4 is 45.3 Å². The summed E-state index contributed by atoms with van der Waals surface area (Å²) in [6.45, 7) is 1.83. The summed E-state index contributed by atoms with van der Waals surface area (Å²) in [5.74, 6) is -3.76. The predicted molar refractivity (Wildman–Crippen MR) is 95.5 cm³/mol. The lowest BCUT2D eigenvalue weighted by Crippen LogP contribution is -2.49. The molecule has 10 heteroatoms. The smallest absolute Gasteiger partial charge is 0.419 e. The van der Waals surface area contributed by atoms with E-state index in [2.05, 4.69) is 5.32 Å². The highest BCUT2D eigenvalue weighted by Crippen LogP contribution is 2.22. The standard InChI is InChI=1S/C17H19FN2O6S/c1-9(2)15(16(24)19-10(7-14(22)23)12(21)8-18)26-17(25)20-5-3-13-11(20)4-6-27-13/h3-6,9-10,15H,7-8H2,1-2H3,(H,19,24)(H,22,23). The van der Waals surface area contributed by atoms with Crippen LogP contribution < -0.4 is 5.32 Å². The molecule has 0 fully saturated rings. The van der Waals surface area contributed by atoms with Crippen LogP contribution in [0.2, 0.25) is 0 Å². The largest absolute Gasteiger partial charge is 0.481 e. The molecule has 1 amide bonds. The first-order chi connectivity index (χ1) is 12.7. The van der Waals surface area contributed by atoms with E-state index < -0.39 is 54.9 Å². The zero-order chi connectivity index (χ0) is 20.1. The van der Waals surface area contributed by atoms with E-state index in [0.717, 1.165) is 4.70 Å². The van der Waals surface area contributed by atoms with Crippen molar-refractivity contribution in [1.29, 1.82) is 0 Å². The van der Waals surface area contributed by atoms with Crippen LogP contribution in [0.4, 0.5) is 9.18 Å². The molecule has 2 unspecified atom stereocenters. The molecule has 0 aliphatic rings. The summed E-state index contributed by atoms with van der Waals surface area (Å²) in [4.78, 5) is 47.3. The van der Waals surface area contributed by atoms with Crippen molar-refractivity contribution in [3.8, 4) is 0 Å². The second-order valence-corrected chi connectivity index (χ2v) is 7.11. The van der Waals surface area contributed by atoms with E-state index in [1.165, 1.54) is 22.1 Å². The highest BCUT2D eigenvalue weighted by atomic mass is 32.1. The van der Waals surface area contributed by atoms with Crippen LogP contribution in [0.25, 0.3) is 10.2 Å². The highest BCUT2D eigenvalue weighted by Gasteiger charge is 2.32. The van der Waals surface area contributed by atoms with E-state index >= 15 is 0 Å². The fraction of sp³-hybridized carbons (Fsp3) is 0.412. The molecule has 2 heterocycles. The number of carboxylic acid groups (broad SMARTS) is 1. The number of hydrogen-bond acceptors (Lipinski definition) is 6. The van der Waals surface area contributed by atoms with Gasteiger partial charge in [0.2, 0.25) is 0 Å². The number of thiophene rings is 1. The van der Waals surface area contributed by atoms with Crippen LogP contribution in [0.3, 0.4) is 0 Å². The molecule has 0 aliphatic carbocycles. The molecule has 2 N–H and O–H groups in total. The molecule has 2 atom stereocenters. The van der Waals surface area contributed by atoms with Crippen LogP contribution in [0.15, 0.2) is 23.7 Å². The first kappa shape index (κ1) is 20.6. The minimum absolute atomic E-state index is 0.464. The Hall–Kier alpha value is -2.75. The van der Waals surface area contributed by atoms with Gasteiger partial charge < -0.3 is 15.2 Å². The Morgan fingerprint density at radius 1 is 1.30 bits per heavy atom. The average Bonchev–Trinajstić information content (AvgIpc) is 3.20. The Morgan fingerprint density at radius 2 is 2.00 bits per heavy atom. The number of halogens is 1. The number of nitrogens with zero attached hydrogens (tertiary/aromatic N) is 1. The lowest BCUT2D eigenvalue weighted by molar-refractivity contribution is -0.141. The number of ketones is 1. The van der Waals surface area contributed by atoms with E-state index in [1.54, 1.807) is 31.4 Å². The van der Waals surface area contributed by atoms with Gasteiger partial charge in [-0.15, -0.1) is 11.3 Å². The Balaban J connectivity index is 2.14. The second kappa shape index (κ2) is 8.76. The number of aromatic nitrogens is 1. The molecule has 146 valence electrons. The van der Waals surface area contributed by atoms with Gasteiger partial charge in [0, 0.05) is 6.20 Å². The van der Waals surface area contributed by atoms with Crippen molar-refractivity contribution in [2.75, 3.05) is 6.67 Å². The molecule has 2 aromatic heterocycles. The minimum Gasteiger partial charge on any atom is -0.481 e. The highest BCUT2D eigenvalue weighted by molar-refractivity contribution is 7.17. The van der Waals surface area contributed by atoms with Gasteiger partial charge in [0.05, 0.1) is 16.6 Å². The molecule has 0 aliphatic heterocycles. The number of hydrogen-bond donors (Lipinski definition) is 2. The summed E-state index contributed by atoms with van der Waals surface area (Å²) in [5, 5.41) is 12.8. The molecular weight excluding hydrogens is 379 g/mol. The summed E-state index contributed by atoms with van der Waals surface area (Å²) in [5.41, 5.74) is 0.629. The van der Waals surface area contributed by atoms with Crippen molar-refractivity contribution in [3.05, 3.63) is 23.7 Å². The molecule has 0 spiro atoms. The van der Waals surface area contributed by atoms with Gasteiger partial charge in [0.15, 0.2) is 11.9 Å². The van der Waals surface area contributed by atoms with Crippen molar-refractivity contribution < 1.29 is 33.4 Å². The maximum atomic E-state index is 12.6. The third kappa shape index (κ3) is 4.91. The normalized spacial score (nSPS) is 13.3. The van der Waals surface area contributed by atoms with Gasteiger partial charge in [-0.1, -0.05) is 13.8 Å². The van der Waals surface area contributed by atoms with Crippen molar-refractivity contribution in [1.82, 2.24) is 9.88 Å². The van der Waals surface area contributed by atoms with E-state index in [0.29, 0.717) is 5.52 Å². The quantitative estimate of drug-likeness (QED) is 0.705. The summed E-state index contributed by atoms with van der Waals surface area (Å²) in [6.07, 6.45) is -1.32. The maximum absolute atomic E-state index is 12.6. The molecular formula is C17H19FN2O6S. The number of alkyl halides is 1. The van der Waals surface area contributed by atoms with E-state index in [4.69, 9.17) is 9.84 Å². The molecule has 0 radical (unpaired) electrons. The number of aliphatic carboxylic acids is 1. The third-order valence-electron chi connectivity index (χ3n) is 3.81. The number of fused-ring (bicyclic) bond motifs is 1. The van der Waals surface area contributed by atoms with E-state index in [9.17, 15) is 23.6 Å².